The highest BCUT2D eigenvalue weighted by atomic mass is 16.6. The molecule has 22 heavy (non-hydrogen) atoms. The highest BCUT2D eigenvalue weighted by molar-refractivity contribution is 6.00. The van der Waals surface area contributed by atoms with Crippen molar-refractivity contribution < 1.29 is 28.7 Å². The van der Waals surface area contributed by atoms with E-state index in [2.05, 4.69) is 0 Å². The second-order valence-electron chi connectivity index (χ2n) is 5.45. The molecule has 0 bridgehead atoms. The third-order valence-electron chi connectivity index (χ3n) is 3.74. The van der Waals surface area contributed by atoms with Crippen molar-refractivity contribution in [1.29, 1.82) is 0 Å². The van der Waals surface area contributed by atoms with E-state index in [0.29, 0.717) is 25.9 Å². The fraction of sp³-hybridized carbons (Fsp3) is 0.714. The van der Waals surface area contributed by atoms with E-state index in [1.54, 1.807) is 13.8 Å². The van der Waals surface area contributed by atoms with Crippen LogP contribution < -0.4 is 0 Å². The molecule has 0 aromatic heterocycles. The van der Waals surface area contributed by atoms with Gasteiger partial charge in [-0.25, -0.2) is 19.4 Å². The van der Waals surface area contributed by atoms with Gasteiger partial charge in [-0.05, 0) is 26.7 Å². The molecule has 2 atom stereocenters. The molecule has 8 nitrogen and oxygen atoms in total. The molecule has 2 fully saturated rings. The van der Waals surface area contributed by atoms with Gasteiger partial charge >= 0.3 is 12.2 Å². The number of rotatable bonds is 7. The van der Waals surface area contributed by atoms with Crippen LogP contribution in [0.5, 0.6) is 0 Å². The minimum atomic E-state index is -0.693. The fourth-order valence-corrected chi connectivity index (χ4v) is 2.45. The molecule has 0 aromatic rings. The predicted octanol–water partition coefficient (Wildman–Crippen LogP) is 1.28. The molecule has 2 aliphatic heterocycles. The summed E-state index contributed by atoms with van der Waals surface area (Å²) in [4.78, 5) is 48.2. The van der Waals surface area contributed by atoms with Crippen molar-refractivity contribution in [2.24, 2.45) is 0 Å². The largest absolute Gasteiger partial charge is 0.436 e. The highest BCUT2D eigenvalue weighted by Crippen LogP contribution is 2.16. The van der Waals surface area contributed by atoms with Crippen molar-refractivity contribution in [3.63, 3.8) is 0 Å². The van der Waals surface area contributed by atoms with Crippen LogP contribution in [-0.4, -0.2) is 59.1 Å². The Balaban J connectivity index is 1.60. The van der Waals surface area contributed by atoms with E-state index in [9.17, 15) is 19.2 Å². The van der Waals surface area contributed by atoms with Crippen LogP contribution in [-0.2, 0) is 19.1 Å². The second-order valence-corrected chi connectivity index (χ2v) is 5.45. The van der Waals surface area contributed by atoms with Crippen LogP contribution in [0.1, 0.15) is 39.5 Å². The predicted molar refractivity (Wildman–Crippen MR) is 73.8 cm³/mol. The van der Waals surface area contributed by atoms with E-state index < -0.39 is 24.4 Å². The molecular weight excluding hydrogens is 292 g/mol. The first-order valence-corrected chi connectivity index (χ1v) is 7.46. The van der Waals surface area contributed by atoms with Gasteiger partial charge in [0.25, 0.3) is 11.8 Å². The van der Waals surface area contributed by atoms with Crippen molar-refractivity contribution in [3.8, 4) is 0 Å². The van der Waals surface area contributed by atoms with Crippen molar-refractivity contribution >= 4 is 24.0 Å². The summed E-state index contributed by atoms with van der Waals surface area (Å²) in [7, 11) is 0. The van der Waals surface area contributed by atoms with Gasteiger partial charge in [-0.15, -0.1) is 0 Å². The Hall–Kier alpha value is -2.12. The van der Waals surface area contributed by atoms with Gasteiger partial charge in [0.05, 0.1) is 0 Å². The summed E-state index contributed by atoms with van der Waals surface area (Å²) >= 11 is 0. The number of ether oxygens (including phenoxy) is 2. The van der Waals surface area contributed by atoms with Crippen LogP contribution in [0.25, 0.3) is 0 Å². The first kappa shape index (κ1) is 16.3. The first-order chi connectivity index (χ1) is 10.4. The van der Waals surface area contributed by atoms with Gasteiger partial charge in [0.15, 0.2) is 12.2 Å². The molecule has 122 valence electrons. The summed E-state index contributed by atoms with van der Waals surface area (Å²) < 4.78 is 9.61. The van der Waals surface area contributed by atoms with E-state index in [0.717, 1.165) is 22.6 Å². The Kier molecular flexibility index (Phi) is 4.99. The molecule has 0 spiro atoms. The van der Waals surface area contributed by atoms with Gasteiger partial charge in [-0.2, -0.15) is 0 Å². The molecule has 8 heteroatoms. The zero-order chi connectivity index (χ0) is 16.3. The van der Waals surface area contributed by atoms with Gasteiger partial charge in [-0.1, -0.05) is 12.8 Å². The van der Waals surface area contributed by atoms with E-state index in [-0.39, 0.29) is 11.8 Å². The lowest BCUT2D eigenvalue weighted by atomic mass is 10.2. The second kappa shape index (κ2) is 6.76. The van der Waals surface area contributed by atoms with Crippen LogP contribution in [0.2, 0.25) is 0 Å². The quantitative estimate of drug-likeness (QED) is 0.657. The summed E-state index contributed by atoms with van der Waals surface area (Å²) in [5.41, 5.74) is 0. The number of unbranched alkanes of at least 4 members (excludes halogenated alkanes) is 3. The topological polar surface area (TPSA) is 93.2 Å². The number of nitrogens with zero attached hydrogens (tertiary/aromatic N) is 2. The van der Waals surface area contributed by atoms with Crippen molar-refractivity contribution in [2.45, 2.75) is 51.7 Å². The van der Waals surface area contributed by atoms with E-state index in [1.165, 1.54) is 0 Å². The molecule has 2 rings (SSSR count). The summed E-state index contributed by atoms with van der Waals surface area (Å²) in [6.45, 7) is 3.77. The zero-order valence-electron chi connectivity index (χ0n) is 12.7. The molecule has 0 aliphatic carbocycles. The van der Waals surface area contributed by atoms with Crippen LogP contribution in [0, 0.1) is 0 Å². The van der Waals surface area contributed by atoms with Crippen LogP contribution in [0.3, 0.4) is 0 Å². The lowest BCUT2D eigenvalue weighted by Gasteiger charge is -2.12. The molecule has 2 heterocycles. The maximum atomic E-state index is 11.6. The number of amides is 4. The molecule has 2 unspecified atom stereocenters. The minimum Gasteiger partial charge on any atom is -0.436 e. The Morgan fingerprint density at radius 2 is 1.09 bits per heavy atom. The Morgan fingerprint density at radius 3 is 1.36 bits per heavy atom. The summed E-state index contributed by atoms with van der Waals surface area (Å²) in [6, 6.07) is 0. The van der Waals surface area contributed by atoms with Gasteiger partial charge in [0.2, 0.25) is 0 Å². The monoisotopic (exact) mass is 312 g/mol. The van der Waals surface area contributed by atoms with Gasteiger partial charge in [0, 0.05) is 13.1 Å². The lowest BCUT2D eigenvalue weighted by Crippen LogP contribution is -2.32. The molecule has 2 aliphatic rings. The number of hydrogen-bond donors (Lipinski definition) is 0. The number of carbonyl (C=O) groups excluding carboxylic acids is 4. The Bertz CT molecular complexity index is 448. The molecule has 4 amide bonds. The number of hydrogen-bond acceptors (Lipinski definition) is 6. The zero-order valence-corrected chi connectivity index (χ0v) is 12.7. The van der Waals surface area contributed by atoms with E-state index in [4.69, 9.17) is 9.47 Å². The van der Waals surface area contributed by atoms with Crippen LogP contribution in [0.4, 0.5) is 9.59 Å². The van der Waals surface area contributed by atoms with Crippen molar-refractivity contribution in [1.82, 2.24) is 9.80 Å². The molecular formula is C14H20N2O6. The fourth-order valence-electron chi connectivity index (χ4n) is 2.45. The van der Waals surface area contributed by atoms with Crippen LogP contribution in [0.15, 0.2) is 0 Å². The summed E-state index contributed by atoms with van der Waals surface area (Å²) in [5, 5.41) is 0. The third kappa shape index (κ3) is 3.37. The average molecular weight is 312 g/mol. The maximum Gasteiger partial charge on any atom is 0.417 e. The van der Waals surface area contributed by atoms with Gasteiger partial charge in [-0.3, -0.25) is 9.59 Å². The normalized spacial score (nSPS) is 25.0. The SMILES string of the molecule is CC1OC(=O)N(CCCCCCN2C(=O)OC(C)C2=O)C1=O. The maximum absolute atomic E-state index is 11.6. The number of carbonyl (C=O) groups is 4. The van der Waals surface area contributed by atoms with Gasteiger partial charge in [0.1, 0.15) is 0 Å². The van der Waals surface area contributed by atoms with Crippen LogP contribution >= 0.6 is 0 Å². The first-order valence-electron chi connectivity index (χ1n) is 7.46. The highest BCUT2D eigenvalue weighted by Gasteiger charge is 2.37. The van der Waals surface area contributed by atoms with Crippen molar-refractivity contribution in [2.75, 3.05) is 13.1 Å². The molecule has 0 saturated carbocycles. The average Bonchev–Trinajstić information content (AvgIpc) is 2.84. The smallest absolute Gasteiger partial charge is 0.417 e. The standard InChI is InChI=1S/C14H20N2O6/c1-9-11(17)15(13(19)21-9)7-5-3-4-6-8-16-12(18)10(2)22-14(16)20/h9-10H,3-8H2,1-2H3. The van der Waals surface area contributed by atoms with E-state index >= 15 is 0 Å². The van der Waals surface area contributed by atoms with Crippen molar-refractivity contribution in [3.05, 3.63) is 0 Å². The minimum absolute atomic E-state index is 0.301. The summed E-state index contributed by atoms with van der Waals surface area (Å²) in [6.07, 6.45) is 0.359. The lowest BCUT2D eigenvalue weighted by molar-refractivity contribution is -0.130. The van der Waals surface area contributed by atoms with Gasteiger partial charge < -0.3 is 9.47 Å². The van der Waals surface area contributed by atoms with E-state index in [1.807, 2.05) is 0 Å². The molecule has 0 aromatic carbocycles. The molecule has 0 radical (unpaired) electrons. The Labute approximate surface area is 128 Å². The summed E-state index contributed by atoms with van der Waals surface area (Å²) in [5.74, 6) is -0.603. The molecule has 2 saturated heterocycles. The Morgan fingerprint density at radius 1 is 0.727 bits per heavy atom. The molecule has 0 N–H and O–H groups in total. The number of cyclic esters (lactones) is 2. The number of imide groups is 2. The third-order valence-corrected chi connectivity index (χ3v) is 3.74.